The van der Waals surface area contributed by atoms with E-state index in [4.69, 9.17) is 4.98 Å². The van der Waals surface area contributed by atoms with Crippen molar-refractivity contribution in [3.05, 3.63) is 70.8 Å². The Morgan fingerprint density at radius 2 is 1.97 bits per heavy atom. The first-order valence-electron chi connectivity index (χ1n) is 10.2. The Labute approximate surface area is 173 Å². The molecule has 30 heavy (non-hydrogen) atoms. The Kier molecular flexibility index (Phi) is 4.35. The minimum absolute atomic E-state index is 0.0250. The maximum atomic E-state index is 12.8. The monoisotopic (exact) mass is 398 g/mol. The Morgan fingerprint density at radius 3 is 2.77 bits per heavy atom. The third-order valence-corrected chi connectivity index (χ3v) is 5.88. The van der Waals surface area contributed by atoms with E-state index < -0.39 is 0 Å². The van der Waals surface area contributed by atoms with Gasteiger partial charge in [0, 0.05) is 42.8 Å². The lowest BCUT2D eigenvalue weighted by atomic mass is 10.1. The number of hydrogen-bond donors (Lipinski definition) is 0. The van der Waals surface area contributed by atoms with Crippen LogP contribution in [0.1, 0.15) is 23.7 Å². The molecule has 1 aliphatic heterocycles. The number of aryl methyl sites for hydroxylation is 1. The Hall–Kier alpha value is -3.54. The third kappa shape index (κ3) is 3.14. The smallest absolute Gasteiger partial charge is 0.258 e. The van der Waals surface area contributed by atoms with Gasteiger partial charge in [-0.25, -0.2) is 4.98 Å². The highest BCUT2D eigenvalue weighted by Crippen LogP contribution is 2.24. The summed E-state index contributed by atoms with van der Waals surface area (Å²) in [5, 5.41) is 1.54. The summed E-state index contributed by atoms with van der Waals surface area (Å²) in [5.41, 5.74) is 3.65. The fourth-order valence-electron chi connectivity index (χ4n) is 4.09. The summed E-state index contributed by atoms with van der Waals surface area (Å²) < 4.78 is 1.57. The van der Waals surface area contributed by atoms with Gasteiger partial charge >= 0.3 is 0 Å². The molecule has 0 N–H and O–H groups in total. The summed E-state index contributed by atoms with van der Waals surface area (Å²) in [6.45, 7) is 3.78. The molecule has 1 aliphatic rings. The van der Waals surface area contributed by atoms with Crippen LogP contribution in [0.3, 0.4) is 0 Å². The topological polar surface area (TPSA) is 68.1 Å². The van der Waals surface area contributed by atoms with Crippen molar-refractivity contribution in [1.29, 1.82) is 0 Å². The van der Waals surface area contributed by atoms with E-state index in [-0.39, 0.29) is 11.5 Å². The summed E-state index contributed by atoms with van der Waals surface area (Å²) in [7, 11) is 1.74. The number of likely N-dealkylation sites (tertiary alicyclic amines) is 1. The van der Waals surface area contributed by atoms with Crippen molar-refractivity contribution >= 4 is 27.7 Å². The molecule has 6 nitrogen and oxygen atoms in total. The van der Waals surface area contributed by atoms with Gasteiger partial charge in [0.25, 0.3) is 11.5 Å². The van der Waals surface area contributed by atoms with Gasteiger partial charge in [-0.3, -0.25) is 14.6 Å². The van der Waals surface area contributed by atoms with Crippen molar-refractivity contribution in [2.45, 2.75) is 13.3 Å². The standard InChI is InChI=1S/C24H22N4O2/c1-15-7-10-28(14-15)23(29)18-4-6-20-21(12-18)26-22(13-25-20)17-3-5-19-16(11-17)8-9-27(2)24(19)30/h3-6,8-9,11-13,15H,7,10,14H2,1-2H3/t15-/m0/s1. The average molecular weight is 398 g/mol. The molecule has 1 atom stereocenters. The van der Waals surface area contributed by atoms with E-state index in [2.05, 4.69) is 11.9 Å². The molecule has 1 saturated heterocycles. The zero-order chi connectivity index (χ0) is 20.8. The van der Waals surface area contributed by atoms with E-state index in [9.17, 15) is 9.59 Å². The zero-order valence-corrected chi connectivity index (χ0v) is 17.0. The summed E-state index contributed by atoms with van der Waals surface area (Å²) in [4.78, 5) is 36.3. The second-order valence-electron chi connectivity index (χ2n) is 8.14. The lowest BCUT2D eigenvalue weighted by Crippen LogP contribution is -2.28. The number of amides is 1. The van der Waals surface area contributed by atoms with E-state index in [1.54, 1.807) is 24.0 Å². The highest BCUT2D eigenvalue weighted by molar-refractivity contribution is 5.97. The van der Waals surface area contributed by atoms with Gasteiger partial charge in [-0.05, 0) is 54.1 Å². The fourth-order valence-corrected chi connectivity index (χ4v) is 4.09. The van der Waals surface area contributed by atoms with Crippen LogP contribution in [0, 0.1) is 5.92 Å². The van der Waals surface area contributed by atoms with Crippen LogP contribution in [0.25, 0.3) is 33.1 Å². The lowest BCUT2D eigenvalue weighted by molar-refractivity contribution is 0.0788. The van der Waals surface area contributed by atoms with Gasteiger partial charge in [0.1, 0.15) is 0 Å². The van der Waals surface area contributed by atoms with Gasteiger partial charge < -0.3 is 9.47 Å². The molecule has 2 aromatic heterocycles. The van der Waals surface area contributed by atoms with Gasteiger partial charge in [-0.1, -0.05) is 13.0 Å². The summed E-state index contributed by atoms with van der Waals surface area (Å²) in [5.74, 6) is 0.598. The molecule has 0 saturated carbocycles. The van der Waals surface area contributed by atoms with Crippen LogP contribution in [0.4, 0.5) is 0 Å². The largest absolute Gasteiger partial charge is 0.338 e. The second-order valence-corrected chi connectivity index (χ2v) is 8.14. The number of fused-ring (bicyclic) bond motifs is 2. The summed E-state index contributed by atoms with van der Waals surface area (Å²) in [6, 6.07) is 13.1. The normalized spacial score (nSPS) is 16.5. The number of aromatic nitrogens is 3. The highest BCUT2D eigenvalue weighted by atomic mass is 16.2. The van der Waals surface area contributed by atoms with Crippen LogP contribution < -0.4 is 5.56 Å². The lowest BCUT2D eigenvalue weighted by Gasteiger charge is -2.16. The third-order valence-electron chi connectivity index (χ3n) is 5.88. The molecule has 1 fully saturated rings. The first-order valence-corrected chi connectivity index (χ1v) is 10.2. The quantitative estimate of drug-likeness (QED) is 0.517. The van der Waals surface area contributed by atoms with Crippen molar-refractivity contribution in [2.75, 3.05) is 13.1 Å². The Bertz CT molecular complexity index is 1360. The van der Waals surface area contributed by atoms with E-state index in [1.165, 1.54) is 0 Å². The summed E-state index contributed by atoms with van der Waals surface area (Å²) >= 11 is 0. The molecule has 6 heteroatoms. The average Bonchev–Trinajstić information content (AvgIpc) is 3.21. The van der Waals surface area contributed by atoms with E-state index in [1.807, 2.05) is 47.4 Å². The molecular weight excluding hydrogens is 376 g/mol. The van der Waals surface area contributed by atoms with Crippen molar-refractivity contribution in [1.82, 2.24) is 19.4 Å². The van der Waals surface area contributed by atoms with E-state index in [0.29, 0.717) is 28.1 Å². The molecule has 0 bridgehead atoms. The number of carbonyl (C=O) groups excluding carboxylic acids is 1. The van der Waals surface area contributed by atoms with Crippen LogP contribution >= 0.6 is 0 Å². The van der Waals surface area contributed by atoms with Crippen LogP contribution in [0.5, 0.6) is 0 Å². The molecule has 0 aliphatic carbocycles. The zero-order valence-electron chi connectivity index (χ0n) is 17.0. The molecule has 1 amide bonds. The number of hydrogen-bond acceptors (Lipinski definition) is 4. The van der Waals surface area contributed by atoms with Crippen LogP contribution in [-0.4, -0.2) is 38.4 Å². The minimum Gasteiger partial charge on any atom is -0.338 e. The van der Waals surface area contributed by atoms with Crippen LogP contribution in [-0.2, 0) is 7.05 Å². The Balaban J connectivity index is 1.54. The van der Waals surface area contributed by atoms with Gasteiger partial charge in [-0.15, -0.1) is 0 Å². The van der Waals surface area contributed by atoms with Gasteiger partial charge in [0.15, 0.2) is 0 Å². The summed E-state index contributed by atoms with van der Waals surface area (Å²) in [6.07, 6.45) is 4.54. The van der Waals surface area contributed by atoms with Gasteiger partial charge in [0.2, 0.25) is 0 Å². The predicted molar refractivity (Wildman–Crippen MR) is 117 cm³/mol. The first kappa shape index (κ1) is 18.5. The maximum Gasteiger partial charge on any atom is 0.258 e. The van der Waals surface area contributed by atoms with Crippen LogP contribution in [0.15, 0.2) is 59.7 Å². The molecular formula is C24H22N4O2. The number of nitrogens with zero attached hydrogens (tertiary/aromatic N) is 4. The number of pyridine rings is 1. The fraction of sp³-hybridized carbons (Fsp3) is 0.250. The molecule has 2 aromatic carbocycles. The Morgan fingerprint density at radius 1 is 1.10 bits per heavy atom. The van der Waals surface area contributed by atoms with Crippen molar-refractivity contribution < 1.29 is 4.79 Å². The molecule has 4 aromatic rings. The highest BCUT2D eigenvalue weighted by Gasteiger charge is 2.24. The molecule has 0 unspecified atom stereocenters. The molecule has 150 valence electrons. The first-order chi connectivity index (χ1) is 14.5. The second kappa shape index (κ2) is 7.06. The van der Waals surface area contributed by atoms with E-state index in [0.717, 1.165) is 36.0 Å². The van der Waals surface area contributed by atoms with Gasteiger partial charge in [-0.2, -0.15) is 0 Å². The minimum atomic E-state index is -0.0250. The number of carbonyl (C=O) groups is 1. The van der Waals surface area contributed by atoms with Crippen molar-refractivity contribution in [3.8, 4) is 11.3 Å². The number of benzene rings is 2. The molecule has 3 heterocycles. The van der Waals surface area contributed by atoms with Crippen LogP contribution in [0.2, 0.25) is 0 Å². The maximum absolute atomic E-state index is 12.8. The predicted octanol–water partition coefficient (Wildman–Crippen LogP) is 3.63. The SMILES string of the molecule is C[C@H]1CCN(C(=O)c2ccc3ncc(-c4ccc5c(=O)n(C)ccc5c4)nc3c2)C1. The van der Waals surface area contributed by atoms with Gasteiger partial charge in [0.05, 0.1) is 22.9 Å². The molecule has 5 rings (SSSR count). The molecule has 0 radical (unpaired) electrons. The molecule has 0 spiro atoms. The number of rotatable bonds is 2. The van der Waals surface area contributed by atoms with E-state index >= 15 is 0 Å². The van der Waals surface area contributed by atoms with Crippen molar-refractivity contribution in [3.63, 3.8) is 0 Å². The van der Waals surface area contributed by atoms with Crippen molar-refractivity contribution in [2.24, 2.45) is 13.0 Å².